The van der Waals surface area contributed by atoms with Crippen molar-refractivity contribution in [1.82, 2.24) is 9.55 Å². The van der Waals surface area contributed by atoms with Gasteiger partial charge >= 0.3 is 23.6 Å². The number of carbonyl (C=O) groups is 3. The average Bonchev–Trinajstić information content (AvgIpc) is 3.42. The smallest absolute Gasteiger partial charge is 0.350 e. The van der Waals surface area contributed by atoms with E-state index in [1.165, 1.54) is 12.3 Å². The molecular weight excluding hydrogens is 592 g/mol. The van der Waals surface area contributed by atoms with E-state index in [0.717, 1.165) is 4.57 Å². The molecule has 1 N–H and O–H groups in total. The Bertz CT molecular complexity index is 1770. The Morgan fingerprint density at radius 1 is 0.783 bits per heavy atom. The molecule has 1 aromatic heterocycles. The number of benzene rings is 3. The number of rotatable bonds is 10. The van der Waals surface area contributed by atoms with Crippen molar-refractivity contribution in [3.63, 3.8) is 0 Å². The number of unbranched alkanes of at least 4 members (excludes halogenated alkanes) is 1. The van der Waals surface area contributed by atoms with Crippen molar-refractivity contribution in [2.45, 2.75) is 37.4 Å². The minimum atomic E-state index is -1.36. The number of carbonyl (C=O) groups excluding carboxylic acids is 3. The Kier molecular flexibility index (Phi) is 10.7. The van der Waals surface area contributed by atoms with Gasteiger partial charge in [-0.2, -0.15) is 4.98 Å². The number of aliphatic hydroxyl groups excluding tert-OH is 1. The van der Waals surface area contributed by atoms with Crippen LogP contribution >= 0.6 is 0 Å². The fraction of sp³-hybridized carbons (Fsp3) is 0.229. The van der Waals surface area contributed by atoms with Gasteiger partial charge < -0.3 is 24.1 Å². The zero-order valence-electron chi connectivity index (χ0n) is 24.6. The van der Waals surface area contributed by atoms with E-state index in [9.17, 15) is 19.2 Å². The third-order valence-corrected chi connectivity index (χ3v) is 6.96. The molecule has 5 rings (SSSR count). The molecule has 11 nitrogen and oxygen atoms in total. The summed E-state index contributed by atoms with van der Waals surface area (Å²) in [5.41, 5.74) is 0.151. The van der Waals surface area contributed by atoms with Crippen molar-refractivity contribution in [2.24, 2.45) is 0 Å². The van der Waals surface area contributed by atoms with E-state index in [1.807, 2.05) is 0 Å². The van der Waals surface area contributed by atoms with Crippen molar-refractivity contribution in [3.8, 4) is 11.8 Å². The molecule has 46 heavy (non-hydrogen) atoms. The molecule has 0 radical (unpaired) electrons. The summed E-state index contributed by atoms with van der Waals surface area (Å²) < 4.78 is 24.6. The molecule has 0 unspecified atom stereocenters. The summed E-state index contributed by atoms with van der Waals surface area (Å²) in [6.45, 7) is -0.406. The fourth-order valence-electron chi connectivity index (χ4n) is 4.68. The average molecular weight is 623 g/mol. The lowest BCUT2D eigenvalue weighted by atomic mass is 10.1. The molecule has 0 bridgehead atoms. The van der Waals surface area contributed by atoms with Gasteiger partial charge in [-0.05, 0) is 54.8 Å². The number of hydrogen-bond donors (Lipinski definition) is 1. The molecule has 2 heterocycles. The Morgan fingerprint density at radius 3 is 1.87 bits per heavy atom. The van der Waals surface area contributed by atoms with Gasteiger partial charge in [-0.1, -0.05) is 60.5 Å². The Labute approximate surface area is 264 Å². The fourth-order valence-corrected chi connectivity index (χ4v) is 4.68. The lowest BCUT2D eigenvalue weighted by molar-refractivity contribution is -0.0639. The first-order valence-corrected chi connectivity index (χ1v) is 14.5. The van der Waals surface area contributed by atoms with Crippen molar-refractivity contribution in [1.29, 1.82) is 0 Å². The first-order valence-electron chi connectivity index (χ1n) is 14.5. The van der Waals surface area contributed by atoms with Gasteiger partial charge in [-0.25, -0.2) is 19.2 Å². The molecule has 1 fully saturated rings. The van der Waals surface area contributed by atoms with Crippen LogP contribution in [0.3, 0.4) is 0 Å². The Balaban J connectivity index is 1.49. The van der Waals surface area contributed by atoms with Crippen LogP contribution in [-0.2, 0) is 18.9 Å². The zero-order chi connectivity index (χ0) is 32.3. The van der Waals surface area contributed by atoms with Gasteiger partial charge in [0.2, 0.25) is 0 Å². The highest BCUT2D eigenvalue weighted by Gasteiger charge is 2.51. The molecule has 3 aromatic carbocycles. The predicted molar refractivity (Wildman–Crippen MR) is 164 cm³/mol. The second kappa shape index (κ2) is 15.4. The van der Waals surface area contributed by atoms with Crippen LogP contribution < -0.4 is 5.69 Å². The molecule has 1 aliphatic rings. The molecule has 1 aliphatic heterocycles. The van der Waals surface area contributed by atoms with E-state index in [0.29, 0.717) is 12.8 Å². The van der Waals surface area contributed by atoms with Crippen LogP contribution in [0.2, 0.25) is 0 Å². The standard InChI is InChI=1S/C35H30N2O9/c38-22-12-4-11-19-27-20-21-37(35(42)36-27)31-30(46-34(41)26-17-9-3-10-18-26)29(45-33(40)25-15-7-2-8-16-25)28(44-31)23-43-32(39)24-13-5-1-6-14-24/h1-3,5-10,13-18,20-21,28-31,38H,4,12,22-23H2/t28-,29-,30-,31-/m1/s1. The highest BCUT2D eigenvalue weighted by atomic mass is 16.7. The van der Waals surface area contributed by atoms with Crippen LogP contribution in [0.25, 0.3) is 0 Å². The summed E-state index contributed by atoms with van der Waals surface area (Å²) in [6.07, 6.45) is -2.85. The van der Waals surface area contributed by atoms with Crippen LogP contribution in [-0.4, -0.2) is 64.1 Å². The van der Waals surface area contributed by atoms with E-state index >= 15 is 0 Å². The van der Waals surface area contributed by atoms with Gasteiger partial charge in [-0.15, -0.1) is 0 Å². The van der Waals surface area contributed by atoms with E-state index < -0.39 is 54.7 Å². The van der Waals surface area contributed by atoms with Gasteiger partial charge in [0, 0.05) is 19.2 Å². The minimum Gasteiger partial charge on any atom is -0.459 e. The highest BCUT2D eigenvalue weighted by Crippen LogP contribution is 2.34. The third-order valence-electron chi connectivity index (χ3n) is 6.96. The Morgan fingerprint density at radius 2 is 1.33 bits per heavy atom. The molecule has 234 valence electrons. The molecule has 4 aromatic rings. The van der Waals surface area contributed by atoms with Gasteiger partial charge in [0.05, 0.1) is 16.7 Å². The first kappa shape index (κ1) is 31.8. The van der Waals surface area contributed by atoms with E-state index in [1.54, 1.807) is 91.0 Å². The van der Waals surface area contributed by atoms with E-state index in [2.05, 4.69) is 16.8 Å². The summed E-state index contributed by atoms with van der Waals surface area (Å²) in [6, 6.07) is 26.1. The van der Waals surface area contributed by atoms with Gasteiger partial charge in [0.25, 0.3) is 0 Å². The van der Waals surface area contributed by atoms with Crippen LogP contribution in [0.15, 0.2) is 108 Å². The van der Waals surface area contributed by atoms with Gasteiger partial charge in [0.15, 0.2) is 18.4 Å². The normalized spacial score (nSPS) is 18.5. The van der Waals surface area contributed by atoms with E-state index in [4.69, 9.17) is 24.1 Å². The third kappa shape index (κ3) is 7.92. The SMILES string of the molecule is O=C(OC[C@H]1O[C@@H](n2ccc(C#CCCCO)nc2=O)[C@H](OC(=O)c2ccccc2)[C@@H]1OC(=O)c1ccccc1)c1ccccc1. The number of aliphatic hydroxyl groups is 1. The molecule has 4 atom stereocenters. The molecule has 0 aliphatic carbocycles. The largest absolute Gasteiger partial charge is 0.459 e. The maximum Gasteiger partial charge on any atom is 0.350 e. The summed E-state index contributed by atoms with van der Waals surface area (Å²) in [5, 5.41) is 8.97. The quantitative estimate of drug-likeness (QED) is 0.121. The molecular formula is C35H30N2O9. The Hall–Kier alpha value is -5.57. The van der Waals surface area contributed by atoms with Crippen molar-refractivity contribution >= 4 is 17.9 Å². The number of nitrogens with zero attached hydrogens (tertiary/aromatic N) is 2. The topological polar surface area (TPSA) is 143 Å². The summed E-state index contributed by atoms with van der Waals surface area (Å²) in [4.78, 5) is 56.7. The number of aromatic nitrogens is 2. The summed E-state index contributed by atoms with van der Waals surface area (Å²) in [7, 11) is 0. The maximum atomic E-state index is 13.3. The first-order chi connectivity index (χ1) is 22.4. The molecule has 11 heteroatoms. The van der Waals surface area contributed by atoms with Crippen LogP contribution in [0, 0.1) is 11.8 Å². The summed E-state index contributed by atoms with van der Waals surface area (Å²) in [5.74, 6) is 3.46. The molecule has 0 saturated carbocycles. The van der Waals surface area contributed by atoms with Crippen molar-refractivity contribution in [3.05, 3.63) is 136 Å². The molecule has 0 amide bonds. The minimum absolute atomic E-state index is 0.0103. The number of esters is 3. The second-order valence-corrected chi connectivity index (χ2v) is 10.1. The lowest BCUT2D eigenvalue weighted by Crippen LogP contribution is -2.42. The van der Waals surface area contributed by atoms with Crippen LogP contribution in [0.4, 0.5) is 0 Å². The van der Waals surface area contributed by atoms with Crippen LogP contribution in [0.1, 0.15) is 55.8 Å². The van der Waals surface area contributed by atoms with Crippen molar-refractivity contribution < 1.29 is 38.4 Å². The number of ether oxygens (including phenoxy) is 4. The molecule has 1 saturated heterocycles. The van der Waals surface area contributed by atoms with E-state index in [-0.39, 0.29) is 29.0 Å². The monoisotopic (exact) mass is 622 g/mol. The predicted octanol–water partition coefficient (Wildman–Crippen LogP) is 3.57. The second-order valence-electron chi connectivity index (χ2n) is 10.1. The van der Waals surface area contributed by atoms with Crippen LogP contribution in [0.5, 0.6) is 0 Å². The van der Waals surface area contributed by atoms with Gasteiger partial charge in [-0.3, -0.25) is 4.57 Å². The highest BCUT2D eigenvalue weighted by molar-refractivity contribution is 5.91. The molecule has 0 spiro atoms. The van der Waals surface area contributed by atoms with Crippen molar-refractivity contribution in [2.75, 3.05) is 13.2 Å². The maximum absolute atomic E-state index is 13.3. The zero-order valence-corrected chi connectivity index (χ0v) is 24.6. The lowest BCUT2D eigenvalue weighted by Gasteiger charge is -2.25. The number of hydrogen-bond acceptors (Lipinski definition) is 10. The van der Waals surface area contributed by atoms with Gasteiger partial charge in [0.1, 0.15) is 18.4 Å². The summed E-state index contributed by atoms with van der Waals surface area (Å²) >= 11 is 0.